The second kappa shape index (κ2) is 6.91. The van der Waals surface area contributed by atoms with E-state index in [1.165, 1.54) is 12.0 Å². The molecule has 1 unspecified atom stereocenters. The maximum absolute atomic E-state index is 12.3. The summed E-state index contributed by atoms with van der Waals surface area (Å²) >= 11 is 0. The number of rotatable bonds is 5. The number of hydrogen-bond acceptors (Lipinski definition) is 5. The summed E-state index contributed by atoms with van der Waals surface area (Å²) in [7, 11) is 0. The molecule has 1 aromatic carbocycles. The van der Waals surface area contributed by atoms with Crippen LogP contribution in [0.25, 0.3) is 0 Å². The van der Waals surface area contributed by atoms with Crippen molar-refractivity contribution < 1.29 is 9.32 Å². The molecule has 1 saturated heterocycles. The topological polar surface area (TPSA) is 80.0 Å². The molecule has 1 fully saturated rings. The van der Waals surface area contributed by atoms with Crippen molar-refractivity contribution in [2.24, 2.45) is 5.92 Å². The first-order valence-corrected chi connectivity index (χ1v) is 8.06. The van der Waals surface area contributed by atoms with Crippen LogP contribution in [0.2, 0.25) is 0 Å². The summed E-state index contributed by atoms with van der Waals surface area (Å²) in [5.74, 6) is 1.17. The van der Waals surface area contributed by atoms with Gasteiger partial charge in [-0.05, 0) is 49.5 Å². The monoisotopic (exact) mass is 314 g/mol. The fourth-order valence-electron chi connectivity index (χ4n) is 2.75. The van der Waals surface area contributed by atoms with Gasteiger partial charge in [0.2, 0.25) is 0 Å². The maximum Gasteiger partial charge on any atom is 0.328 e. The van der Waals surface area contributed by atoms with E-state index in [2.05, 4.69) is 26.8 Å². The van der Waals surface area contributed by atoms with E-state index in [9.17, 15) is 4.79 Å². The fraction of sp³-hybridized carbons (Fsp3) is 0.471. The van der Waals surface area contributed by atoms with E-state index in [0.29, 0.717) is 17.3 Å². The Morgan fingerprint density at radius 2 is 2.35 bits per heavy atom. The largest absolute Gasteiger partial charge is 0.328 e. The van der Waals surface area contributed by atoms with Gasteiger partial charge in [-0.2, -0.15) is 4.98 Å². The molecule has 2 N–H and O–H groups in total. The van der Waals surface area contributed by atoms with Crippen molar-refractivity contribution >= 4 is 11.9 Å². The molecule has 6 heteroatoms. The highest BCUT2D eigenvalue weighted by Gasteiger charge is 2.17. The molecular weight excluding hydrogens is 292 g/mol. The van der Waals surface area contributed by atoms with Crippen LogP contribution in [0.3, 0.4) is 0 Å². The minimum Gasteiger partial charge on any atom is -0.316 e. The molecule has 2 heterocycles. The van der Waals surface area contributed by atoms with Gasteiger partial charge in [-0.3, -0.25) is 10.1 Å². The summed E-state index contributed by atoms with van der Waals surface area (Å²) < 4.78 is 5.05. The van der Waals surface area contributed by atoms with Crippen LogP contribution in [-0.4, -0.2) is 29.1 Å². The molecule has 1 aliphatic heterocycles. The zero-order chi connectivity index (χ0) is 16.2. The highest BCUT2D eigenvalue weighted by atomic mass is 16.5. The molecular formula is C17H22N4O2. The van der Waals surface area contributed by atoms with Crippen LogP contribution >= 0.6 is 0 Å². The Balaban J connectivity index is 1.66. The lowest BCUT2D eigenvalue weighted by Gasteiger charge is -2.09. The molecule has 23 heavy (non-hydrogen) atoms. The van der Waals surface area contributed by atoms with Gasteiger partial charge in [0.25, 0.3) is 5.91 Å². The molecule has 1 aromatic heterocycles. The van der Waals surface area contributed by atoms with Crippen LogP contribution in [0, 0.1) is 5.92 Å². The van der Waals surface area contributed by atoms with Gasteiger partial charge >= 0.3 is 6.01 Å². The van der Waals surface area contributed by atoms with Gasteiger partial charge in [0, 0.05) is 11.5 Å². The van der Waals surface area contributed by atoms with Gasteiger partial charge in [-0.1, -0.05) is 31.1 Å². The summed E-state index contributed by atoms with van der Waals surface area (Å²) in [4.78, 5) is 16.5. The van der Waals surface area contributed by atoms with Crippen LogP contribution in [-0.2, 0) is 6.42 Å². The number of carbonyl (C=O) groups excluding carboxylic acids is 1. The Hall–Kier alpha value is -2.21. The Morgan fingerprint density at radius 3 is 3.04 bits per heavy atom. The zero-order valence-electron chi connectivity index (χ0n) is 13.5. The number of benzene rings is 1. The van der Waals surface area contributed by atoms with Crippen molar-refractivity contribution in [2.75, 3.05) is 18.4 Å². The summed E-state index contributed by atoms with van der Waals surface area (Å²) in [5, 5.41) is 9.87. The van der Waals surface area contributed by atoms with E-state index in [1.807, 2.05) is 26.0 Å². The third-order valence-corrected chi connectivity index (χ3v) is 4.05. The lowest BCUT2D eigenvalue weighted by Crippen LogP contribution is -2.14. The molecule has 0 spiro atoms. The lowest BCUT2D eigenvalue weighted by molar-refractivity contribution is 0.102. The van der Waals surface area contributed by atoms with Gasteiger partial charge in [0.1, 0.15) is 0 Å². The number of hydrogen-bond donors (Lipinski definition) is 2. The van der Waals surface area contributed by atoms with Crippen LogP contribution in [0.1, 0.15) is 47.9 Å². The molecule has 0 saturated carbocycles. The summed E-state index contributed by atoms with van der Waals surface area (Å²) in [6.07, 6.45) is 2.18. The van der Waals surface area contributed by atoms with Gasteiger partial charge in [-0.25, -0.2) is 0 Å². The molecule has 0 bridgehead atoms. The highest BCUT2D eigenvalue weighted by molar-refractivity contribution is 6.03. The Morgan fingerprint density at radius 1 is 1.48 bits per heavy atom. The van der Waals surface area contributed by atoms with Crippen molar-refractivity contribution in [3.63, 3.8) is 0 Å². The van der Waals surface area contributed by atoms with E-state index >= 15 is 0 Å². The second-order valence-corrected chi connectivity index (χ2v) is 6.33. The summed E-state index contributed by atoms with van der Waals surface area (Å²) in [6.45, 7) is 6.08. The molecule has 1 aliphatic rings. The summed E-state index contributed by atoms with van der Waals surface area (Å²) in [5.41, 5.74) is 1.79. The quantitative estimate of drug-likeness (QED) is 0.886. The van der Waals surface area contributed by atoms with Crippen LogP contribution < -0.4 is 10.6 Å². The third kappa shape index (κ3) is 3.96. The Kier molecular flexibility index (Phi) is 4.71. The molecule has 122 valence electrons. The maximum atomic E-state index is 12.3. The Labute approximate surface area is 135 Å². The number of aromatic nitrogens is 2. The number of amides is 1. The van der Waals surface area contributed by atoms with Crippen LogP contribution in [0.5, 0.6) is 0 Å². The average Bonchev–Trinajstić information content (AvgIpc) is 3.19. The van der Waals surface area contributed by atoms with Gasteiger partial charge in [0.15, 0.2) is 5.82 Å². The molecule has 2 aromatic rings. The van der Waals surface area contributed by atoms with Crippen molar-refractivity contribution in [1.29, 1.82) is 0 Å². The lowest BCUT2D eigenvalue weighted by atomic mass is 9.97. The van der Waals surface area contributed by atoms with Crippen LogP contribution in [0.4, 0.5) is 6.01 Å². The van der Waals surface area contributed by atoms with E-state index < -0.39 is 0 Å². The highest BCUT2D eigenvalue weighted by Crippen LogP contribution is 2.17. The fourth-order valence-corrected chi connectivity index (χ4v) is 2.75. The molecule has 1 atom stereocenters. The predicted molar refractivity (Wildman–Crippen MR) is 87.5 cm³/mol. The first-order chi connectivity index (χ1) is 11.1. The molecule has 1 amide bonds. The van der Waals surface area contributed by atoms with Gasteiger partial charge in [-0.15, -0.1) is 0 Å². The third-order valence-electron chi connectivity index (χ3n) is 4.05. The SMILES string of the molecule is CC(C)c1noc(NC(=O)c2cccc(CC3CCNC3)c2)n1. The molecule has 0 aliphatic carbocycles. The number of nitrogens with one attached hydrogen (secondary N) is 2. The minimum absolute atomic E-state index is 0.143. The zero-order valence-corrected chi connectivity index (χ0v) is 13.5. The van der Waals surface area contributed by atoms with E-state index in [-0.39, 0.29) is 17.8 Å². The van der Waals surface area contributed by atoms with Crippen molar-refractivity contribution in [2.45, 2.75) is 32.6 Å². The standard InChI is InChI=1S/C17H22N4O2/c1-11(2)15-19-17(23-21-15)20-16(22)14-5-3-4-12(9-14)8-13-6-7-18-10-13/h3-5,9,11,13,18H,6-8,10H2,1-2H3,(H,19,20,21,22). The van der Waals surface area contributed by atoms with Crippen molar-refractivity contribution in [1.82, 2.24) is 15.5 Å². The molecule has 6 nitrogen and oxygen atoms in total. The van der Waals surface area contributed by atoms with Crippen molar-refractivity contribution in [3.8, 4) is 0 Å². The average molecular weight is 314 g/mol. The van der Waals surface area contributed by atoms with Crippen LogP contribution in [0.15, 0.2) is 28.8 Å². The van der Waals surface area contributed by atoms with E-state index in [4.69, 9.17) is 4.52 Å². The Bertz CT molecular complexity index is 675. The predicted octanol–water partition coefficient (Wildman–Crippen LogP) is 2.60. The van der Waals surface area contributed by atoms with E-state index in [0.717, 1.165) is 19.5 Å². The van der Waals surface area contributed by atoms with E-state index in [1.54, 1.807) is 6.07 Å². The van der Waals surface area contributed by atoms with Gasteiger partial charge in [0.05, 0.1) is 0 Å². The smallest absolute Gasteiger partial charge is 0.316 e. The number of anilines is 1. The normalized spacial score (nSPS) is 17.6. The summed E-state index contributed by atoms with van der Waals surface area (Å²) in [6, 6.07) is 7.86. The van der Waals surface area contributed by atoms with Gasteiger partial charge < -0.3 is 9.84 Å². The first kappa shape index (κ1) is 15.7. The number of nitrogens with zero attached hydrogens (tertiary/aromatic N) is 2. The minimum atomic E-state index is -0.227. The van der Waals surface area contributed by atoms with Crippen molar-refractivity contribution in [3.05, 3.63) is 41.2 Å². The molecule has 0 radical (unpaired) electrons. The molecule has 3 rings (SSSR count). The number of carbonyl (C=O) groups is 1. The first-order valence-electron chi connectivity index (χ1n) is 8.06. The second-order valence-electron chi connectivity index (χ2n) is 6.33.